The normalized spacial score (nSPS) is 14.7. The van der Waals surface area contributed by atoms with Crippen LogP contribution in [0.2, 0.25) is 0 Å². The van der Waals surface area contributed by atoms with Crippen molar-refractivity contribution in [3.63, 3.8) is 0 Å². The minimum absolute atomic E-state index is 0.0881. The van der Waals surface area contributed by atoms with Gasteiger partial charge in [0.1, 0.15) is 0 Å². The van der Waals surface area contributed by atoms with Crippen LogP contribution in [0.1, 0.15) is 16.8 Å². The van der Waals surface area contributed by atoms with Crippen molar-refractivity contribution in [2.45, 2.75) is 6.42 Å². The van der Waals surface area contributed by atoms with Gasteiger partial charge in [0.25, 0.3) is 0 Å². The molecule has 3 nitrogen and oxygen atoms in total. The molecule has 0 fully saturated rings. The highest BCUT2D eigenvalue weighted by atomic mass is 16.5. The van der Waals surface area contributed by atoms with Gasteiger partial charge in [-0.3, -0.25) is 4.79 Å². The van der Waals surface area contributed by atoms with E-state index in [4.69, 9.17) is 10.5 Å². The second-order valence-corrected chi connectivity index (χ2v) is 3.16. The third kappa shape index (κ3) is 1.62. The Morgan fingerprint density at radius 3 is 2.93 bits per heavy atom. The monoisotopic (exact) mass is 189 g/mol. The predicted molar refractivity (Wildman–Crippen MR) is 53.8 cm³/mol. The highest BCUT2D eigenvalue weighted by molar-refractivity contribution is 6.07. The number of allylic oxidation sites excluding steroid dienone is 1. The summed E-state index contributed by atoms with van der Waals surface area (Å²) in [4.78, 5) is 11.8. The van der Waals surface area contributed by atoms with E-state index in [-0.39, 0.29) is 5.78 Å². The Labute approximate surface area is 82.2 Å². The molecule has 1 heterocycles. The Kier molecular flexibility index (Phi) is 2.23. The van der Waals surface area contributed by atoms with Gasteiger partial charge >= 0.3 is 0 Å². The molecule has 1 aromatic rings. The molecule has 0 saturated carbocycles. The van der Waals surface area contributed by atoms with E-state index in [0.29, 0.717) is 23.6 Å². The molecule has 1 aliphatic rings. The zero-order valence-electron chi connectivity index (χ0n) is 7.69. The molecule has 0 atom stereocenters. The topological polar surface area (TPSA) is 52.3 Å². The third-order valence-electron chi connectivity index (χ3n) is 2.08. The summed E-state index contributed by atoms with van der Waals surface area (Å²) in [5.41, 5.74) is 6.76. The van der Waals surface area contributed by atoms with Crippen LogP contribution in [0.3, 0.4) is 0 Å². The van der Waals surface area contributed by atoms with Gasteiger partial charge in [0.15, 0.2) is 5.76 Å². The summed E-state index contributed by atoms with van der Waals surface area (Å²) < 4.78 is 5.18. The number of rotatable bonds is 2. The summed E-state index contributed by atoms with van der Waals surface area (Å²) in [6.45, 7) is 0.601. The molecule has 0 saturated heterocycles. The standard InChI is InChI=1S/C11H11NO2/c12-9-4-1-3-8(7-9)11(13)10-5-2-6-14-10/h1,3-5,7H,2,6,12H2. The van der Waals surface area contributed by atoms with Gasteiger partial charge in [0, 0.05) is 17.7 Å². The highest BCUT2D eigenvalue weighted by Crippen LogP contribution is 2.17. The minimum atomic E-state index is -0.0881. The molecule has 0 amide bonds. The van der Waals surface area contributed by atoms with E-state index in [9.17, 15) is 4.79 Å². The van der Waals surface area contributed by atoms with E-state index in [2.05, 4.69) is 0 Å². The van der Waals surface area contributed by atoms with Crippen molar-refractivity contribution < 1.29 is 9.53 Å². The Morgan fingerprint density at radius 2 is 2.29 bits per heavy atom. The summed E-state index contributed by atoms with van der Waals surface area (Å²) in [7, 11) is 0. The lowest BCUT2D eigenvalue weighted by Gasteiger charge is -2.03. The number of ether oxygens (including phenoxy) is 1. The van der Waals surface area contributed by atoms with Gasteiger partial charge in [-0.2, -0.15) is 0 Å². The van der Waals surface area contributed by atoms with Crippen LogP contribution in [-0.2, 0) is 4.74 Å². The molecule has 0 aromatic heterocycles. The summed E-state index contributed by atoms with van der Waals surface area (Å²) in [6.07, 6.45) is 2.62. The van der Waals surface area contributed by atoms with Gasteiger partial charge in [-0.25, -0.2) is 0 Å². The molecule has 0 unspecified atom stereocenters. The number of carbonyl (C=O) groups is 1. The molecule has 0 spiro atoms. The van der Waals surface area contributed by atoms with Crippen molar-refractivity contribution in [3.05, 3.63) is 41.7 Å². The van der Waals surface area contributed by atoms with Gasteiger partial charge in [-0.05, 0) is 18.2 Å². The average molecular weight is 189 g/mol. The molecule has 0 bridgehead atoms. The van der Waals surface area contributed by atoms with E-state index in [1.54, 1.807) is 24.3 Å². The maximum atomic E-state index is 11.8. The average Bonchev–Trinajstić information content (AvgIpc) is 2.69. The zero-order valence-corrected chi connectivity index (χ0v) is 7.69. The number of hydrogen-bond acceptors (Lipinski definition) is 3. The Hall–Kier alpha value is -1.77. The van der Waals surface area contributed by atoms with Crippen molar-refractivity contribution in [1.82, 2.24) is 0 Å². The van der Waals surface area contributed by atoms with Crippen molar-refractivity contribution in [1.29, 1.82) is 0 Å². The van der Waals surface area contributed by atoms with Crippen LogP contribution in [-0.4, -0.2) is 12.4 Å². The maximum Gasteiger partial charge on any atom is 0.227 e. The lowest BCUT2D eigenvalue weighted by Crippen LogP contribution is -2.04. The van der Waals surface area contributed by atoms with Gasteiger partial charge < -0.3 is 10.5 Å². The van der Waals surface area contributed by atoms with Crippen LogP contribution in [0.15, 0.2) is 36.1 Å². The van der Waals surface area contributed by atoms with Gasteiger partial charge in [0.05, 0.1) is 6.61 Å². The molecule has 0 aliphatic carbocycles. The number of carbonyl (C=O) groups excluding carboxylic acids is 1. The fourth-order valence-electron chi connectivity index (χ4n) is 1.40. The zero-order chi connectivity index (χ0) is 9.97. The second-order valence-electron chi connectivity index (χ2n) is 3.16. The SMILES string of the molecule is Nc1cccc(C(=O)C2=CCCO2)c1. The predicted octanol–water partition coefficient (Wildman–Crippen LogP) is 1.76. The quantitative estimate of drug-likeness (QED) is 0.569. The lowest BCUT2D eigenvalue weighted by molar-refractivity contribution is 0.0942. The van der Waals surface area contributed by atoms with Crippen molar-refractivity contribution in [2.24, 2.45) is 0 Å². The van der Waals surface area contributed by atoms with Crippen LogP contribution in [0.25, 0.3) is 0 Å². The molecule has 2 N–H and O–H groups in total. The fraction of sp³-hybridized carbons (Fsp3) is 0.182. The van der Waals surface area contributed by atoms with Gasteiger partial charge in [-0.1, -0.05) is 12.1 Å². The summed E-state index contributed by atoms with van der Waals surface area (Å²) in [5.74, 6) is 0.352. The van der Waals surface area contributed by atoms with Crippen LogP contribution < -0.4 is 5.73 Å². The number of benzene rings is 1. The first-order valence-electron chi connectivity index (χ1n) is 4.50. The summed E-state index contributed by atoms with van der Waals surface area (Å²) in [6, 6.07) is 6.91. The molecule has 3 heteroatoms. The number of nitrogen functional groups attached to an aromatic ring is 1. The smallest absolute Gasteiger partial charge is 0.227 e. The van der Waals surface area contributed by atoms with E-state index >= 15 is 0 Å². The third-order valence-corrected chi connectivity index (χ3v) is 2.08. The van der Waals surface area contributed by atoms with Crippen LogP contribution >= 0.6 is 0 Å². The summed E-state index contributed by atoms with van der Waals surface area (Å²) >= 11 is 0. The molecule has 1 aliphatic heterocycles. The number of hydrogen-bond donors (Lipinski definition) is 1. The molecular weight excluding hydrogens is 178 g/mol. The van der Waals surface area contributed by atoms with Gasteiger partial charge in [-0.15, -0.1) is 0 Å². The molecule has 72 valence electrons. The minimum Gasteiger partial charge on any atom is -0.489 e. The number of ketones is 1. The Balaban J connectivity index is 2.27. The fourth-order valence-corrected chi connectivity index (χ4v) is 1.40. The number of anilines is 1. The Morgan fingerprint density at radius 1 is 1.43 bits per heavy atom. The molecule has 14 heavy (non-hydrogen) atoms. The first-order chi connectivity index (χ1) is 6.77. The largest absolute Gasteiger partial charge is 0.489 e. The van der Waals surface area contributed by atoms with E-state index in [0.717, 1.165) is 6.42 Å². The van der Waals surface area contributed by atoms with E-state index in [1.165, 1.54) is 0 Å². The summed E-state index contributed by atoms with van der Waals surface area (Å²) in [5, 5.41) is 0. The first kappa shape index (κ1) is 8.81. The molecule has 1 aromatic carbocycles. The second kappa shape index (κ2) is 3.54. The van der Waals surface area contributed by atoms with E-state index in [1.807, 2.05) is 6.08 Å². The lowest BCUT2D eigenvalue weighted by atomic mass is 10.1. The van der Waals surface area contributed by atoms with Crippen LogP contribution in [0, 0.1) is 0 Å². The van der Waals surface area contributed by atoms with Crippen LogP contribution in [0.4, 0.5) is 5.69 Å². The maximum absolute atomic E-state index is 11.8. The molecule has 0 radical (unpaired) electrons. The highest BCUT2D eigenvalue weighted by Gasteiger charge is 2.16. The number of Topliss-reactive ketones (excluding diaryl/α,β-unsaturated/α-hetero) is 1. The van der Waals surface area contributed by atoms with Crippen molar-refractivity contribution >= 4 is 11.5 Å². The van der Waals surface area contributed by atoms with Gasteiger partial charge in [0.2, 0.25) is 5.78 Å². The van der Waals surface area contributed by atoms with Crippen LogP contribution in [0.5, 0.6) is 0 Å². The first-order valence-corrected chi connectivity index (χ1v) is 4.50. The van der Waals surface area contributed by atoms with E-state index < -0.39 is 0 Å². The number of nitrogens with two attached hydrogens (primary N) is 1. The van der Waals surface area contributed by atoms with Crippen molar-refractivity contribution in [2.75, 3.05) is 12.3 Å². The molecule has 2 rings (SSSR count). The van der Waals surface area contributed by atoms with Crippen molar-refractivity contribution in [3.8, 4) is 0 Å². The molecular formula is C11H11NO2. The Bertz CT molecular complexity index is 396.